The first-order chi connectivity index (χ1) is 8.09. The predicted molar refractivity (Wildman–Crippen MR) is 61.7 cm³/mol. The molecule has 0 saturated carbocycles. The van der Waals surface area contributed by atoms with Crippen molar-refractivity contribution in [3.05, 3.63) is 51.8 Å². The van der Waals surface area contributed by atoms with Gasteiger partial charge >= 0.3 is 5.97 Å². The smallest absolute Gasteiger partial charge is 0.341 e. The van der Waals surface area contributed by atoms with Gasteiger partial charge in [-0.2, -0.15) is 0 Å². The van der Waals surface area contributed by atoms with Crippen molar-refractivity contribution < 1.29 is 19.5 Å². The third-order valence-corrected chi connectivity index (χ3v) is 2.80. The van der Waals surface area contributed by atoms with Gasteiger partial charge in [-0.05, 0) is 17.7 Å². The summed E-state index contributed by atoms with van der Waals surface area (Å²) in [6.45, 7) is 0. The summed E-state index contributed by atoms with van der Waals surface area (Å²) >= 11 is 3.27. The van der Waals surface area contributed by atoms with E-state index in [4.69, 9.17) is 5.11 Å². The number of carbonyl (C=O) groups is 1. The standard InChI is InChI=1S/C11H8BrNO4/c12-7-3-1-6(2-4-7)10(14)9-8(11(15)16)5-17-13-9/h1-5,10,14H,(H,15,16). The maximum atomic E-state index is 10.9. The molecule has 1 heterocycles. The molecule has 2 aromatic rings. The summed E-state index contributed by atoms with van der Waals surface area (Å²) in [5.41, 5.74) is 0.407. The lowest BCUT2D eigenvalue weighted by Crippen LogP contribution is -2.06. The van der Waals surface area contributed by atoms with Gasteiger partial charge < -0.3 is 14.7 Å². The molecule has 0 aliphatic carbocycles. The molecule has 2 N–H and O–H groups in total. The number of aromatic carboxylic acids is 1. The van der Waals surface area contributed by atoms with E-state index in [1.54, 1.807) is 24.3 Å². The zero-order valence-electron chi connectivity index (χ0n) is 8.50. The highest BCUT2D eigenvalue weighted by atomic mass is 79.9. The van der Waals surface area contributed by atoms with Crippen molar-refractivity contribution in [3.8, 4) is 0 Å². The third kappa shape index (κ3) is 2.37. The van der Waals surface area contributed by atoms with E-state index in [9.17, 15) is 9.90 Å². The third-order valence-electron chi connectivity index (χ3n) is 2.27. The van der Waals surface area contributed by atoms with Crippen LogP contribution in [0.2, 0.25) is 0 Å². The molecule has 17 heavy (non-hydrogen) atoms. The van der Waals surface area contributed by atoms with Gasteiger partial charge in [0.25, 0.3) is 0 Å². The summed E-state index contributed by atoms with van der Waals surface area (Å²) in [7, 11) is 0. The molecule has 1 aromatic carbocycles. The van der Waals surface area contributed by atoms with E-state index in [-0.39, 0.29) is 11.3 Å². The molecule has 0 fully saturated rings. The second-order valence-corrected chi connectivity index (χ2v) is 4.29. The van der Waals surface area contributed by atoms with Gasteiger partial charge in [0.05, 0.1) is 0 Å². The highest BCUT2D eigenvalue weighted by Gasteiger charge is 2.22. The Balaban J connectivity index is 2.36. The number of aliphatic hydroxyl groups excluding tert-OH is 1. The van der Waals surface area contributed by atoms with Crippen LogP contribution in [0.15, 0.2) is 39.5 Å². The first-order valence-corrected chi connectivity index (χ1v) is 5.50. The summed E-state index contributed by atoms with van der Waals surface area (Å²) < 4.78 is 5.44. The van der Waals surface area contributed by atoms with Gasteiger partial charge in [-0.1, -0.05) is 33.2 Å². The molecule has 2 rings (SSSR count). The van der Waals surface area contributed by atoms with E-state index < -0.39 is 12.1 Å². The molecule has 0 amide bonds. The lowest BCUT2D eigenvalue weighted by molar-refractivity contribution is 0.0691. The Kier molecular flexibility index (Phi) is 3.26. The van der Waals surface area contributed by atoms with Gasteiger partial charge in [-0.3, -0.25) is 0 Å². The van der Waals surface area contributed by atoms with E-state index in [2.05, 4.69) is 25.6 Å². The van der Waals surface area contributed by atoms with Crippen molar-refractivity contribution in [1.82, 2.24) is 5.16 Å². The molecule has 0 bridgehead atoms. The van der Waals surface area contributed by atoms with Gasteiger partial charge in [0.2, 0.25) is 0 Å². The van der Waals surface area contributed by atoms with Crippen LogP contribution in [0, 0.1) is 0 Å². The van der Waals surface area contributed by atoms with Crippen LogP contribution in [-0.2, 0) is 0 Å². The summed E-state index contributed by atoms with van der Waals surface area (Å²) in [4.78, 5) is 10.9. The zero-order valence-corrected chi connectivity index (χ0v) is 10.1. The molecule has 0 aliphatic heterocycles. The molecular weight excluding hydrogens is 290 g/mol. The van der Waals surface area contributed by atoms with Crippen LogP contribution < -0.4 is 0 Å². The SMILES string of the molecule is O=C(O)c1conc1C(O)c1ccc(Br)cc1. The maximum absolute atomic E-state index is 10.9. The van der Waals surface area contributed by atoms with E-state index in [0.717, 1.165) is 10.7 Å². The number of carboxylic acids is 1. The summed E-state index contributed by atoms with van der Waals surface area (Å²) in [5.74, 6) is -1.18. The second kappa shape index (κ2) is 4.68. The quantitative estimate of drug-likeness (QED) is 0.907. The number of carboxylic acid groups (broad SMARTS) is 1. The highest BCUT2D eigenvalue weighted by Crippen LogP contribution is 2.25. The number of benzene rings is 1. The zero-order chi connectivity index (χ0) is 12.4. The van der Waals surface area contributed by atoms with Gasteiger partial charge in [0.15, 0.2) is 0 Å². The molecule has 0 aliphatic rings. The number of halogens is 1. The largest absolute Gasteiger partial charge is 0.478 e. The minimum Gasteiger partial charge on any atom is -0.478 e. The first-order valence-electron chi connectivity index (χ1n) is 4.70. The Morgan fingerprint density at radius 3 is 2.59 bits per heavy atom. The van der Waals surface area contributed by atoms with Crippen molar-refractivity contribution in [3.63, 3.8) is 0 Å². The van der Waals surface area contributed by atoms with Crippen molar-refractivity contribution >= 4 is 21.9 Å². The maximum Gasteiger partial charge on any atom is 0.341 e. The summed E-state index contributed by atoms with van der Waals surface area (Å²) in [6, 6.07) is 6.85. The Hall–Kier alpha value is -1.66. The minimum atomic E-state index is -1.18. The van der Waals surface area contributed by atoms with Crippen LogP contribution in [0.3, 0.4) is 0 Å². The van der Waals surface area contributed by atoms with Crippen LogP contribution in [0.1, 0.15) is 27.7 Å². The van der Waals surface area contributed by atoms with Crippen LogP contribution in [0.5, 0.6) is 0 Å². The van der Waals surface area contributed by atoms with Crippen molar-refractivity contribution in [2.75, 3.05) is 0 Å². The molecule has 0 spiro atoms. The average Bonchev–Trinajstić information content (AvgIpc) is 2.78. The van der Waals surface area contributed by atoms with E-state index in [1.165, 1.54) is 0 Å². The fraction of sp³-hybridized carbons (Fsp3) is 0.0909. The molecular formula is C11H8BrNO4. The van der Waals surface area contributed by atoms with Gasteiger partial charge in [-0.25, -0.2) is 4.79 Å². The lowest BCUT2D eigenvalue weighted by Gasteiger charge is -2.08. The van der Waals surface area contributed by atoms with Crippen LogP contribution in [0.25, 0.3) is 0 Å². The fourth-order valence-electron chi connectivity index (χ4n) is 1.41. The second-order valence-electron chi connectivity index (χ2n) is 3.37. The normalized spacial score (nSPS) is 12.4. The Bertz CT molecular complexity index is 535. The molecule has 1 atom stereocenters. The van der Waals surface area contributed by atoms with Crippen molar-refractivity contribution in [2.45, 2.75) is 6.10 Å². The molecule has 0 radical (unpaired) electrons. The number of hydrogen-bond donors (Lipinski definition) is 2. The molecule has 1 aromatic heterocycles. The summed E-state index contributed by atoms with van der Waals surface area (Å²) in [6.07, 6.45) is -0.118. The first kappa shape index (κ1) is 11.8. The predicted octanol–water partition coefficient (Wildman–Crippen LogP) is 2.22. The summed E-state index contributed by atoms with van der Waals surface area (Å²) in [5, 5.41) is 22.4. The number of rotatable bonds is 3. The lowest BCUT2D eigenvalue weighted by atomic mass is 10.0. The molecule has 0 saturated heterocycles. The van der Waals surface area contributed by atoms with E-state index in [1.807, 2.05) is 0 Å². The Labute approximate surface area is 105 Å². The average molecular weight is 298 g/mol. The monoisotopic (exact) mass is 297 g/mol. The Morgan fingerprint density at radius 2 is 2.00 bits per heavy atom. The van der Waals surface area contributed by atoms with Crippen LogP contribution in [0.4, 0.5) is 0 Å². The fourth-order valence-corrected chi connectivity index (χ4v) is 1.67. The minimum absolute atomic E-state index is 0.000164. The van der Waals surface area contributed by atoms with E-state index >= 15 is 0 Å². The number of aromatic nitrogens is 1. The highest BCUT2D eigenvalue weighted by molar-refractivity contribution is 9.10. The van der Waals surface area contributed by atoms with Crippen molar-refractivity contribution in [1.29, 1.82) is 0 Å². The van der Waals surface area contributed by atoms with Gasteiger partial charge in [-0.15, -0.1) is 0 Å². The Morgan fingerprint density at radius 1 is 1.35 bits per heavy atom. The van der Waals surface area contributed by atoms with Crippen LogP contribution >= 0.6 is 15.9 Å². The number of aliphatic hydroxyl groups is 1. The molecule has 5 nitrogen and oxygen atoms in total. The van der Waals surface area contributed by atoms with E-state index in [0.29, 0.717) is 5.56 Å². The number of nitrogens with zero attached hydrogens (tertiary/aromatic N) is 1. The number of hydrogen-bond acceptors (Lipinski definition) is 4. The van der Waals surface area contributed by atoms with Gasteiger partial charge in [0.1, 0.15) is 23.6 Å². The van der Waals surface area contributed by atoms with Crippen molar-refractivity contribution in [2.24, 2.45) is 0 Å². The topological polar surface area (TPSA) is 83.6 Å². The van der Waals surface area contributed by atoms with Crippen LogP contribution in [-0.4, -0.2) is 21.3 Å². The molecule has 88 valence electrons. The molecule has 1 unspecified atom stereocenters. The molecule has 6 heteroatoms. The van der Waals surface area contributed by atoms with Gasteiger partial charge in [0, 0.05) is 4.47 Å².